The Morgan fingerprint density at radius 1 is 1.27 bits per heavy atom. The Labute approximate surface area is 190 Å². The molecule has 4 fully saturated rings. The summed E-state index contributed by atoms with van der Waals surface area (Å²) in [4.78, 5) is 17.6. The van der Waals surface area contributed by atoms with E-state index in [-0.39, 0.29) is 16.9 Å². The van der Waals surface area contributed by atoms with Gasteiger partial charge in [-0.25, -0.2) is 9.67 Å². The molecule has 30 heavy (non-hydrogen) atoms. The van der Waals surface area contributed by atoms with Crippen molar-refractivity contribution in [2.45, 2.75) is 70.9 Å². The lowest BCUT2D eigenvalue weighted by molar-refractivity contribution is -0.156. The highest BCUT2D eigenvalue weighted by Gasteiger charge is 2.61. The van der Waals surface area contributed by atoms with Crippen LogP contribution in [0.4, 0.5) is 0 Å². The van der Waals surface area contributed by atoms with Gasteiger partial charge in [0.15, 0.2) is 0 Å². The molecule has 7 nitrogen and oxygen atoms in total. The van der Waals surface area contributed by atoms with Crippen LogP contribution in [0.1, 0.15) is 56.3 Å². The molecule has 0 saturated heterocycles. The number of hydrogen-bond donors (Lipinski definition) is 1. The third-order valence-corrected chi connectivity index (χ3v) is 8.91. The minimum atomic E-state index is -0.274. The third kappa shape index (κ3) is 3.30. The lowest BCUT2D eigenvalue weighted by atomic mass is 9.46. The molecule has 9 heteroatoms. The fraction of sp³-hybridized carbons (Fsp3) is 0.714. The summed E-state index contributed by atoms with van der Waals surface area (Å²) >= 11 is 9.60. The van der Waals surface area contributed by atoms with Crippen molar-refractivity contribution in [1.82, 2.24) is 29.9 Å². The number of aromatic nitrogens is 5. The van der Waals surface area contributed by atoms with E-state index in [0.29, 0.717) is 23.7 Å². The smallest absolute Gasteiger partial charge is 0.242 e. The molecule has 0 radical (unpaired) electrons. The molecular formula is C21H28BrClN6O. The number of hydrogen-bond acceptors (Lipinski definition) is 4. The van der Waals surface area contributed by atoms with Crippen LogP contribution in [0.5, 0.6) is 0 Å². The van der Waals surface area contributed by atoms with E-state index in [9.17, 15) is 4.79 Å². The summed E-state index contributed by atoms with van der Waals surface area (Å²) in [5, 5.41) is 12.6. The maximum absolute atomic E-state index is 13.4. The van der Waals surface area contributed by atoms with Gasteiger partial charge < -0.3 is 5.32 Å². The summed E-state index contributed by atoms with van der Waals surface area (Å²) in [7, 11) is 0. The van der Waals surface area contributed by atoms with Gasteiger partial charge >= 0.3 is 0 Å². The molecule has 0 aliphatic heterocycles. The molecule has 2 aromatic rings. The Morgan fingerprint density at radius 3 is 2.60 bits per heavy atom. The monoisotopic (exact) mass is 494 g/mol. The van der Waals surface area contributed by atoms with Gasteiger partial charge in [0.1, 0.15) is 6.33 Å². The average Bonchev–Trinajstić information content (AvgIpc) is 3.24. The number of halogens is 2. The summed E-state index contributed by atoms with van der Waals surface area (Å²) in [5.74, 6) is 1.40. The van der Waals surface area contributed by atoms with Crippen LogP contribution >= 0.6 is 27.5 Å². The van der Waals surface area contributed by atoms with Crippen molar-refractivity contribution in [3.05, 3.63) is 27.5 Å². The summed E-state index contributed by atoms with van der Waals surface area (Å²) < 4.78 is 5.05. The van der Waals surface area contributed by atoms with E-state index < -0.39 is 0 Å². The summed E-state index contributed by atoms with van der Waals surface area (Å²) in [6.45, 7) is 5.54. The number of nitrogens with one attached hydrogen (secondary N) is 1. The molecular weight excluding hydrogens is 468 g/mol. The van der Waals surface area contributed by atoms with E-state index in [4.69, 9.17) is 11.6 Å². The van der Waals surface area contributed by atoms with Crippen LogP contribution in [0.15, 0.2) is 10.8 Å². The zero-order valence-corrected chi connectivity index (χ0v) is 19.8. The van der Waals surface area contributed by atoms with Crippen LogP contribution in [0.25, 0.3) is 0 Å². The summed E-state index contributed by atoms with van der Waals surface area (Å²) in [6, 6.07) is 0. The van der Waals surface area contributed by atoms with Gasteiger partial charge in [-0.3, -0.25) is 9.48 Å². The molecule has 162 valence electrons. The quantitative estimate of drug-likeness (QED) is 0.614. The molecule has 4 saturated carbocycles. The number of rotatable bonds is 6. The van der Waals surface area contributed by atoms with Gasteiger partial charge in [0.05, 0.1) is 21.1 Å². The zero-order chi connectivity index (χ0) is 21.1. The first kappa shape index (κ1) is 20.5. The number of carbonyl (C=O) groups excluding carboxylic acids is 1. The zero-order valence-electron chi connectivity index (χ0n) is 17.5. The normalized spacial score (nSPS) is 32.0. The number of amides is 1. The van der Waals surface area contributed by atoms with E-state index in [2.05, 4.69) is 43.4 Å². The van der Waals surface area contributed by atoms with Crippen LogP contribution in [0, 0.1) is 31.1 Å². The van der Waals surface area contributed by atoms with Crippen molar-refractivity contribution in [1.29, 1.82) is 0 Å². The van der Waals surface area contributed by atoms with Crippen LogP contribution in [-0.4, -0.2) is 37.0 Å². The van der Waals surface area contributed by atoms with Crippen LogP contribution in [0.2, 0.25) is 5.28 Å². The van der Waals surface area contributed by atoms with Gasteiger partial charge in [-0.05, 0) is 98.2 Å². The molecule has 4 aliphatic rings. The van der Waals surface area contributed by atoms with Crippen molar-refractivity contribution < 1.29 is 4.79 Å². The molecule has 0 aromatic carbocycles. The fourth-order valence-corrected chi connectivity index (χ4v) is 7.14. The number of carbonyl (C=O) groups is 1. The first-order valence-electron chi connectivity index (χ1n) is 10.9. The van der Waals surface area contributed by atoms with Crippen LogP contribution < -0.4 is 5.32 Å². The summed E-state index contributed by atoms with van der Waals surface area (Å²) in [5.41, 5.74) is 1.76. The number of nitrogens with zero attached hydrogens (tertiary/aromatic N) is 5. The van der Waals surface area contributed by atoms with Crippen molar-refractivity contribution in [2.75, 3.05) is 6.54 Å². The van der Waals surface area contributed by atoms with E-state index in [1.54, 1.807) is 6.33 Å². The largest absolute Gasteiger partial charge is 0.356 e. The highest BCUT2D eigenvalue weighted by molar-refractivity contribution is 9.10. The molecule has 2 unspecified atom stereocenters. The van der Waals surface area contributed by atoms with Gasteiger partial charge in [-0.15, -0.1) is 5.10 Å². The molecule has 2 atom stereocenters. The van der Waals surface area contributed by atoms with E-state index in [1.807, 2.05) is 16.3 Å². The second-order valence-electron chi connectivity index (χ2n) is 9.74. The van der Waals surface area contributed by atoms with Gasteiger partial charge in [0.25, 0.3) is 0 Å². The molecule has 1 N–H and O–H groups in total. The Balaban J connectivity index is 1.25. The second-order valence-corrected chi connectivity index (χ2v) is 10.9. The van der Waals surface area contributed by atoms with Gasteiger partial charge in [-0.2, -0.15) is 5.10 Å². The second kappa shape index (κ2) is 7.33. The van der Waals surface area contributed by atoms with Gasteiger partial charge in [-0.1, -0.05) is 0 Å². The Hall–Kier alpha value is -1.41. The highest BCUT2D eigenvalue weighted by atomic mass is 79.9. The van der Waals surface area contributed by atoms with Crippen molar-refractivity contribution >= 4 is 33.4 Å². The lowest BCUT2D eigenvalue weighted by Gasteiger charge is -2.60. The van der Waals surface area contributed by atoms with Gasteiger partial charge in [0.2, 0.25) is 11.2 Å². The Bertz CT molecular complexity index is 970. The van der Waals surface area contributed by atoms with E-state index in [1.165, 1.54) is 6.42 Å². The Morgan fingerprint density at radius 2 is 2.00 bits per heavy atom. The third-order valence-electron chi connectivity index (χ3n) is 7.59. The lowest BCUT2D eigenvalue weighted by Crippen LogP contribution is -2.61. The van der Waals surface area contributed by atoms with E-state index in [0.717, 1.165) is 60.9 Å². The molecule has 0 spiro atoms. The minimum Gasteiger partial charge on any atom is -0.356 e. The fourth-order valence-electron chi connectivity index (χ4n) is 6.73. The van der Waals surface area contributed by atoms with Gasteiger partial charge in [0, 0.05) is 18.8 Å². The molecule has 2 heterocycles. The predicted molar refractivity (Wildman–Crippen MR) is 117 cm³/mol. The predicted octanol–water partition coefficient (Wildman–Crippen LogP) is 4.01. The molecule has 4 bridgehead atoms. The number of aryl methyl sites for hydroxylation is 2. The van der Waals surface area contributed by atoms with Crippen molar-refractivity contribution in [3.63, 3.8) is 0 Å². The minimum absolute atomic E-state index is 0.0997. The molecule has 4 aliphatic carbocycles. The maximum Gasteiger partial charge on any atom is 0.242 e. The van der Waals surface area contributed by atoms with Crippen LogP contribution in [-0.2, 0) is 16.9 Å². The first-order chi connectivity index (χ1) is 14.3. The summed E-state index contributed by atoms with van der Waals surface area (Å²) in [6.07, 6.45) is 8.90. The standard InChI is InChI=1S/C21H28BrClN6O/c1-13-17(22)14(2)28(26-13)5-3-4-24-18(30)20-7-15-6-16(8-20)10-21(9-15,11-20)29-12-25-19(23)27-29/h12,15-16H,3-11H2,1-2H3,(H,24,30). The van der Waals surface area contributed by atoms with E-state index >= 15 is 0 Å². The topological polar surface area (TPSA) is 77.6 Å². The molecule has 6 rings (SSSR count). The SMILES string of the molecule is Cc1nn(CCCNC(=O)C23CC4CC(C2)CC(n2cnc(Cl)n2)(C4)C3)c(C)c1Br. The van der Waals surface area contributed by atoms with Crippen molar-refractivity contribution in [3.8, 4) is 0 Å². The highest BCUT2D eigenvalue weighted by Crippen LogP contribution is 2.64. The van der Waals surface area contributed by atoms with Crippen LogP contribution in [0.3, 0.4) is 0 Å². The van der Waals surface area contributed by atoms with Crippen molar-refractivity contribution in [2.24, 2.45) is 17.3 Å². The maximum atomic E-state index is 13.4. The molecule has 2 aromatic heterocycles. The first-order valence-corrected chi connectivity index (χ1v) is 12.0. The molecule has 1 amide bonds. The Kier molecular flexibility index (Phi) is 5.01. The average molecular weight is 496 g/mol.